The number of carboxylic acid groups (broad SMARTS) is 1. The summed E-state index contributed by atoms with van der Waals surface area (Å²) in [5.41, 5.74) is 1.82. The van der Waals surface area contributed by atoms with Crippen molar-refractivity contribution < 1.29 is 9.90 Å². The average molecular weight is 308 g/mol. The lowest BCUT2D eigenvalue weighted by Gasteiger charge is -2.26. The predicted octanol–water partition coefficient (Wildman–Crippen LogP) is 3.12. The molecule has 1 N–H and O–H groups in total. The molecule has 0 unspecified atom stereocenters. The van der Waals surface area contributed by atoms with Crippen molar-refractivity contribution in [2.24, 2.45) is 11.8 Å². The molecule has 0 aliphatic heterocycles. The molecule has 3 rings (SSSR count). The highest BCUT2D eigenvalue weighted by Gasteiger charge is 2.26. The van der Waals surface area contributed by atoms with E-state index < -0.39 is 5.97 Å². The van der Waals surface area contributed by atoms with Gasteiger partial charge in [-0.25, -0.2) is 9.50 Å². The van der Waals surface area contributed by atoms with Crippen LogP contribution >= 0.6 is 11.6 Å². The van der Waals surface area contributed by atoms with E-state index in [0.717, 1.165) is 37.7 Å². The molecule has 0 atom stereocenters. The molecule has 0 radical (unpaired) electrons. The number of pyridine rings is 1. The lowest BCUT2D eigenvalue weighted by atomic mass is 9.79. The number of hydrogen-bond acceptors (Lipinski definition) is 3. The summed E-state index contributed by atoms with van der Waals surface area (Å²) in [4.78, 5) is 15.3. The van der Waals surface area contributed by atoms with Crippen LogP contribution in [0.25, 0.3) is 5.65 Å². The third-order valence-electron chi connectivity index (χ3n) is 4.27. The Kier molecular flexibility index (Phi) is 3.85. The lowest BCUT2D eigenvalue weighted by Crippen LogP contribution is -2.22. The van der Waals surface area contributed by atoms with Crippen molar-refractivity contribution in [3.63, 3.8) is 0 Å². The van der Waals surface area contributed by atoms with Crippen LogP contribution in [0, 0.1) is 18.8 Å². The average Bonchev–Trinajstić information content (AvgIpc) is 2.80. The summed E-state index contributed by atoms with van der Waals surface area (Å²) in [5.74, 6) is 0.413. The molecule has 0 bridgehead atoms. The Labute approximate surface area is 127 Å². The number of carboxylic acids is 1. The van der Waals surface area contributed by atoms with Crippen molar-refractivity contribution in [2.45, 2.75) is 39.0 Å². The van der Waals surface area contributed by atoms with Crippen LogP contribution in [0.2, 0.25) is 5.02 Å². The zero-order valence-electron chi connectivity index (χ0n) is 11.9. The quantitative estimate of drug-likeness (QED) is 0.946. The molecule has 1 fully saturated rings. The van der Waals surface area contributed by atoms with Gasteiger partial charge >= 0.3 is 5.97 Å². The topological polar surface area (TPSA) is 67.5 Å². The van der Waals surface area contributed by atoms with E-state index in [1.807, 2.05) is 19.2 Å². The van der Waals surface area contributed by atoms with Crippen molar-refractivity contribution in [1.29, 1.82) is 0 Å². The Morgan fingerprint density at radius 2 is 2.14 bits per heavy atom. The van der Waals surface area contributed by atoms with Gasteiger partial charge in [0.05, 0.1) is 10.9 Å². The third kappa shape index (κ3) is 3.02. The summed E-state index contributed by atoms with van der Waals surface area (Å²) in [5, 5.41) is 14.0. The molecule has 0 spiro atoms. The number of aliphatic carboxylic acids is 1. The Morgan fingerprint density at radius 1 is 1.43 bits per heavy atom. The summed E-state index contributed by atoms with van der Waals surface area (Å²) in [6, 6.07) is 1.95. The Morgan fingerprint density at radius 3 is 2.81 bits per heavy atom. The second-order valence-corrected chi connectivity index (χ2v) is 6.29. The van der Waals surface area contributed by atoms with E-state index in [2.05, 4.69) is 10.1 Å². The van der Waals surface area contributed by atoms with Gasteiger partial charge in [0.15, 0.2) is 5.65 Å². The Hall–Kier alpha value is -1.62. The van der Waals surface area contributed by atoms with Crippen LogP contribution in [0.4, 0.5) is 0 Å². The maximum atomic E-state index is 11.0. The molecule has 2 aromatic rings. The fourth-order valence-corrected chi connectivity index (χ4v) is 3.43. The normalized spacial score (nSPS) is 22.6. The van der Waals surface area contributed by atoms with E-state index in [1.165, 1.54) is 0 Å². The first kappa shape index (κ1) is 14.3. The number of hydrogen-bond donors (Lipinski definition) is 1. The maximum Gasteiger partial charge on any atom is 0.306 e. The number of aromatic nitrogens is 3. The first-order valence-electron chi connectivity index (χ1n) is 7.27. The Balaban J connectivity index is 1.72. The highest BCUT2D eigenvalue weighted by molar-refractivity contribution is 6.33. The van der Waals surface area contributed by atoms with Crippen LogP contribution in [0.15, 0.2) is 12.3 Å². The molecule has 2 heterocycles. The van der Waals surface area contributed by atoms with E-state index in [-0.39, 0.29) is 5.92 Å². The molecule has 0 aromatic carbocycles. The summed E-state index contributed by atoms with van der Waals surface area (Å²) >= 11 is 6.26. The van der Waals surface area contributed by atoms with Crippen LogP contribution in [0.5, 0.6) is 0 Å². The van der Waals surface area contributed by atoms with Crippen molar-refractivity contribution in [3.8, 4) is 0 Å². The minimum absolute atomic E-state index is 0.162. The number of aryl methyl sites for hydroxylation is 1. The molecular weight excluding hydrogens is 290 g/mol. The zero-order valence-corrected chi connectivity index (χ0v) is 12.7. The van der Waals surface area contributed by atoms with E-state index in [9.17, 15) is 4.79 Å². The van der Waals surface area contributed by atoms with Crippen LogP contribution in [-0.2, 0) is 11.2 Å². The minimum Gasteiger partial charge on any atom is -0.481 e. The predicted molar refractivity (Wildman–Crippen MR) is 79.5 cm³/mol. The summed E-state index contributed by atoms with van der Waals surface area (Å²) in [6.07, 6.45) is 6.37. The smallest absolute Gasteiger partial charge is 0.306 e. The maximum absolute atomic E-state index is 11.0. The van der Waals surface area contributed by atoms with Crippen LogP contribution in [-0.4, -0.2) is 25.7 Å². The van der Waals surface area contributed by atoms with Crippen LogP contribution < -0.4 is 0 Å². The largest absolute Gasteiger partial charge is 0.481 e. The lowest BCUT2D eigenvalue weighted by molar-refractivity contribution is -0.143. The molecular formula is C15H18ClN3O2. The molecule has 0 amide bonds. The molecule has 2 aromatic heterocycles. The van der Waals surface area contributed by atoms with Crippen molar-refractivity contribution in [1.82, 2.24) is 14.6 Å². The van der Waals surface area contributed by atoms with Gasteiger partial charge < -0.3 is 5.11 Å². The van der Waals surface area contributed by atoms with Gasteiger partial charge in [0.2, 0.25) is 0 Å². The van der Waals surface area contributed by atoms with Crippen molar-refractivity contribution in [3.05, 3.63) is 28.7 Å². The molecule has 1 saturated carbocycles. The monoisotopic (exact) mass is 307 g/mol. The molecule has 21 heavy (non-hydrogen) atoms. The van der Waals surface area contributed by atoms with E-state index in [0.29, 0.717) is 22.4 Å². The second-order valence-electron chi connectivity index (χ2n) is 5.88. The van der Waals surface area contributed by atoms with Gasteiger partial charge in [0.1, 0.15) is 5.82 Å². The van der Waals surface area contributed by atoms with Gasteiger partial charge in [-0.15, -0.1) is 0 Å². The standard InChI is InChI=1S/C15H18ClN3O2/c1-9-17-14-13(16)7-11(8-19(14)18-9)6-10-2-4-12(5-3-10)15(20)21/h7-8,10,12H,2-6H2,1H3,(H,20,21)/t10-,12-. The first-order chi connectivity index (χ1) is 10.0. The summed E-state index contributed by atoms with van der Waals surface area (Å²) in [6.45, 7) is 1.84. The highest BCUT2D eigenvalue weighted by Crippen LogP contribution is 2.31. The fourth-order valence-electron chi connectivity index (χ4n) is 3.16. The number of carbonyl (C=O) groups is 1. The molecule has 5 nitrogen and oxygen atoms in total. The van der Waals surface area contributed by atoms with E-state index in [4.69, 9.17) is 16.7 Å². The van der Waals surface area contributed by atoms with Gasteiger partial charge in [0, 0.05) is 6.20 Å². The van der Waals surface area contributed by atoms with Gasteiger partial charge in [0.25, 0.3) is 0 Å². The first-order valence-corrected chi connectivity index (χ1v) is 7.65. The summed E-state index contributed by atoms with van der Waals surface area (Å²) < 4.78 is 1.73. The minimum atomic E-state index is -0.656. The zero-order chi connectivity index (χ0) is 15.0. The highest BCUT2D eigenvalue weighted by atomic mass is 35.5. The number of fused-ring (bicyclic) bond motifs is 1. The third-order valence-corrected chi connectivity index (χ3v) is 4.55. The van der Waals surface area contributed by atoms with Crippen molar-refractivity contribution in [2.75, 3.05) is 0 Å². The van der Waals surface area contributed by atoms with Crippen LogP contribution in [0.1, 0.15) is 37.1 Å². The van der Waals surface area contributed by atoms with Crippen molar-refractivity contribution >= 4 is 23.2 Å². The van der Waals surface area contributed by atoms with Gasteiger partial charge in [-0.2, -0.15) is 5.10 Å². The van der Waals surface area contributed by atoms with Gasteiger partial charge in [-0.3, -0.25) is 4.79 Å². The second kappa shape index (κ2) is 5.64. The number of nitrogens with zero attached hydrogens (tertiary/aromatic N) is 3. The molecule has 1 aliphatic carbocycles. The molecule has 112 valence electrons. The number of rotatable bonds is 3. The summed E-state index contributed by atoms with van der Waals surface area (Å²) in [7, 11) is 0. The molecule has 6 heteroatoms. The fraction of sp³-hybridized carbons (Fsp3) is 0.533. The molecule has 1 aliphatic rings. The van der Waals surface area contributed by atoms with Gasteiger partial charge in [-0.1, -0.05) is 11.6 Å². The molecule has 0 saturated heterocycles. The van der Waals surface area contributed by atoms with E-state index >= 15 is 0 Å². The number of halogens is 1. The van der Waals surface area contributed by atoms with E-state index in [1.54, 1.807) is 4.52 Å². The SMILES string of the molecule is Cc1nc2c(Cl)cc(C[C@H]3CC[C@H](C(=O)O)CC3)cn2n1. The van der Waals surface area contributed by atoms with Gasteiger partial charge in [-0.05, 0) is 56.6 Å². The Bertz CT molecular complexity index is 675. The van der Waals surface area contributed by atoms with Crippen LogP contribution in [0.3, 0.4) is 0 Å².